The van der Waals surface area contributed by atoms with Crippen molar-refractivity contribution in [3.8, 4) is 11.6 Å². The van der Waals surface area contributed by atoms with Gasteiger partial charge in [0.1, 0.15) is 17.3 Å². The summed E-state index contributed by atoms with van der Waals surface area (Å²) < 4.78 is 18.3. The van der Waals surface area contributed by atoms with Crippen LogP contribution in [0, 0.1) is 5.82 Å². The van der Waals surface area contributed by atoms with Gasteiger partial charge >= 0.3 is 0 Å². The first kappa shape index (κ1) is 9.47. The van der Waals surface area contributed by atoms with Crippen molar-refractivity contribution < 1.29 is 8.81 Å². The average Bonchev–Trinajstić information content (AvgIpc) is 2.75. The quantitative estimate of drug-likeness (QED) is 0.733. The molecule has 82 valence electrons. The van der Waals surface area contributed by atoms with Crippen molar-refractivity contribution in [1.29, 1.82) is 0 Å². The lowest BCUT2D eigenvalue weighted by Crippen LogP contribution is -2.08. The van der Waals surface area contributed by atoms with E-state index >= 15 is 0 Å². The van der Waals surface area contributed by atoms with Crippen LogP contribution in [0.15, 0.2) is 22.7 Å². The lowest BCUT2D eigenvalue weighted by Gasteiger charge is -2.03. The summed E-state index contributed by atoms with van der Waals surface area (Å²) in [6, 6.07) is 2.92. The molecule has 0 atom stereocenters. The van der Waals surface area contributed by atoms with Gasteiger partial charge in [0.15, 0.2) is 0 Å². The molecule has 3 heterocycles. The first-order chi connectivity index (χ1) is 7.72. The van der Waals surface area contributed by atoms with Gasteiger partial charge in [-0.1, -0.05) is 0 Å². The maximum absolute atomic E-state index is 12.7. The number of halogens is 1. The molecule has 0 saturated heterocycles. The van der Waals surface area contributed by atoms with Gasteiger partial charge in [0, 0.05) is 6.54 Å². The third-order valence-corrected chi connectivity index (χ3v) is 2.56. The molecule has 0 radical (unpaired) electrons. The summed E-state index contributed by atoms with van der Waals surface area (Å²) in [4.78, 5) is 10.4. The third-order valence-electron chi connectivity index (χ3n) is 2.56. The van der Waals surface area contributed by atoms with Crippen LogP contribution in [-0.2, 0) is 13.1 Å². The molecule has 5 heteroatoms. The highest BCUT2D eigenvalue weighted by Crippen LogP contribution is 2.26. The average molecular weight is 219 g/mol. The fraction of sp³-hybridized carbons (Fsp3) is 0.273. The summed E-state index contributed by atoms with van der Waals surface area (Å²) in [5, 5.41) is 0. The van der Waals surface area contributed by atoms with E-state index in [0.717, 1.165) is 30.7 Å². The predicted molar refractivity (Wildman–Crippen MR) is 54.9 cm³/mol. The fourth-order valence-corrected chi connectivity index (χ4v) is 1.80. The summed E-state index contributed by atoms with van der Waals surface area (Å²) in [6.45, 7) is 1.56. The maximum Gasteiger partial charge on any atom is 0.245 e. The van der Waals surface area contributed by atoms with Gasteiger partial charge in [-0.25, -0.2) is 14.4 Å². The van der Waals surface area contributed by atoms with E-state index in [-0.39, 0.29) is 5.82 Å². The molecule has 0 aromatic carbocycles. The van der Waals surface area contributed by atoms with Crippen molar-refractivity contribution in [2.24, 2.45) is 0 Å². The van der Waals surface area contributed by atoms with Crippen LogP contribution in [0.2, 0.25) is 0 Å². The number of rotatable bonds is 1. The lowest BCUT2D eigenvalue weighted by atomic mass is 10.3. The lowest BCUT2D eigenvalue weighted by molar-refractivity contribution is 0.325. The topological polar surface area (TPSA) is 42.2 Å². The minimum atomic E-state index is -0.359. The van der Waals surface area contributed by atoms with Gasteiger partial charge in [0.05, 0.1) is 18.4 Å². The van der Waals surface area contributed by atoms with Gasteiger partial charge in [-0.3, -0.25) is 4.90 Å². The second kappa shape index (κ2) is 3.38. The number of aromatic nitrogens is 2. The number of hydrogen-bond acceptors (Lipinski definition) is 4. The van der Waals surface area contributed by atoms with Crippen LogP contribution >= 0.6 is 0 Å². The molecule has 16 heavy (non-hydrogen) atoms. The van der Waals surface area contributed by atoms with Crippen LogP contribution in [0.3, 0.4) is 0 Å². The molecule has 0 bridgehead atoms. The summed E-state index contributed by atoms with van der Waals surface area (Å²) in [6.07, 6.45) is 1.16. The predicted octanol–water partition coefficient (Wildman–Crippen LogP) is 1.82. The van der Waals surface area contributed by atoms with E-state index in [1.807, 2.05) is 7.05 Å². The SMILES string of the molecule is CN1Cc2nc(-c3ccc(F)cn3)oc2C1. The maximum atomic E-state index is 12.7. The minimum Gasteiger partial charge on any atom is -0.438 e. The fourth-order valence-electron chi connectivity index (χ4n) is 1.80. The number of nitrogens with zero attached hydrogens (tertiary/aromatic N) is 3. The molecule has 1 aliphatic heterocycles. The molecule has 2 aromatic heterocycles. The van der Waals surface area contributed by atoms with E-state index in [9.17, 15) is 4.39 Å². The highest BCUT2D eigenvalue weighted by atomic mass is 19.1. The molecular weight excluding hydrogens is 209 g/mol. The second-order valence-corrected chi connectivity index (χ2v) is 3.92. The van der Waals surface area contributed by atoms with Gasteiger partial charge < -0.3 is 4.42 Å². The van der Waals surface area contributed by atoms with Crippen LogP contribution in [0.25, 0.3) is 11.6 Å². The Balaban J connectivity index is 1.97. The van der Waals surface area contributed by atoms with Crippen molar-refractivity contribution in [3.05, 3.63) is 35.6 Å². The van der Waals surface area contributed by atoms with Crippen molar-refractivity contribution in [3.63, 3.8) is 0 Å². The zero-order valence-electron chi connectivity index (χ0n) is 8.77. The first-order valence-corrected chi connectivity index (χ1v) is 5.01. The summed E-state index contributed by atoms with van der Waals surface area (Å²) in [5.41, 5.74) is 1.52. The minimum absolute atomic E-state index is 0.359. The number of oxazole rings is 1. The smallest absolute Gasteiger partial charge is 0.245 e. The molecule has 0 spiro atoms. The van der Waals surface area contributed by atoms with Gasteiger partial charge in [-0.15, -0.1) is 0 Å². The molecule has 0 N–H and O–H groups in total. The van der Waals surface area contributed by atoms with E-state index in [0.29, 0.717) is 11.6 Å². The molecule has 0 fully saturated rings. The monoisotopic (exact) mass is 219 g/mol. The summed E-state index contributed by atoms with van der Waals surface area (Å²) in [7, 11) is 2.01. The van der Waals surface area contributed by atoms with Crippen molar-refractivity contribution in [2.75, 3.05) is 7.05 Å². The molecule has 0 amide bonds. The Hall–Kier alpha value is -1.75. The Bertz CT molecular complexity index is 497. The first-order valence-electron chi connectivity index (χ1n) is 5.01. The molecule has 0 saturated carbocycles. The van der Waals surface area contributed by atoms with E-state index in [1.54, 1.807) is 6.07 Å². The van der Waals surface area contributed by atoms with Crippen LogP contribution in [0.5, 0.6) is 0 Å². The van der Waals surface area contributed by atoms with Crippen LogP contribution < -0.4 is 0 Å². The van der Waals surface area contributed by atoms with E-state index in [2.05, 4.69) is 14.9 Å². The molecule has 3 rings (SSSR count). The molecule has 2 aromatic rings. The summed E-state index contributed by atoms with van der Waals surface area (Å²) >= 11 is 0. The van der Waals surface area contributed by atoms with Gasteiger partial charge in [0.25, 0.3) is 0 Å². The number of hydrogen-bond donors (Lipinski definition) is 0. The Morgan fingerprint density at radius 1 is 1.38 bits per heavy atom. The van der Waals surface area contributed by atoms with Crippen molar-refractivity contribution in [1.82, 2.24) is 14.9 Å². The molecular formula is C11H10FN3O. The third kappa shape index (κ3) is 1.49. The van der Waals surface area contributed by atoms with Crippen LogP contribution in [0.4, 0.5) is 4.39 Å². The van der Waals surface area contributed by atoms with Gasteiger partial charge in [-0.05, 0) is 19.2 Å². The molecule has 0 unspecified atom stereocenters. The van der Waals surface area contributed by atoms with Gasteiger partial charge in [0.2, 0.25) is 5.89 Å². The van der Waals surface area contributed by atoms with Gasteiger partial charge in [-0.2, -0.15) is 0 Å². The summed E-state index contributed by atoms with van der Waals surface area (Å²) in [5.74, 6) is 0.990. The highest BCUT2D eigenvalue weighted by molar-refractivity contribution is 5.47. The second-order valence-electron chi connectivity index (χ2n) is 3.92. The van der Waals surface area contributed by atoms with Crippen molar-refractivity contribution >= 4 is 0 Å². The number of fused-ring (bicyclic) bond motifs is 1. The van der Waals surface area contributed by atoms with Crippen LogP contribution in [0.1, 0.15) is 11.5 Å². The standard InChI is InChI=1S/C11H10FN3O/c1-15-5-9-10(6-15)16-11(14-9)8-3-2-7(12)4-13-8/h2-4H,5-6H2,1H3. The molecule has 1 aliphatic rings. The zero-order valence-corrected chi connectivity index (χ0v) is 8.77. The molecule has 0 aliphatic carbocycles. The number of pyridine rings is 1. The largest absolute Gasteiger partial charge is 0.438 e. The molecule has 4 nitrogen and oxygen atoms in total. The Morgan fingerprint density at radius 3 is 2.94 bits per heavy atom. The van der Waals surface area contributed by atoms with E-state index < -0.39 is 0 Å². The Kier molecular flexibility index (Phi) is 2.00. The van der Waals surface area contributed by atoms with E-state index in [1.165, 1.54) is 6.07 Å². The normalized spacial score (nSPS) is 15.4. The Morgan fingerprint density at radius 2 is 2.25 bits per heavy atom. The van der Waals surface area contributed by atoms with Crippen LogP contribution in [-0.4, -0.2) is 21.9 Å². The van der Waals surface area contributed by atoms with E-state index in [4.69, 9.17) is 4.42 Å². The zero-order chi connectivity index (χ0) is 11.1. The highest BCUT2D eigenvalue weighted by Gasteiger charge is 2.23. The van der Waals surface area contributed by atoms with Crippen molar-refractivity contribution in [2.45, 2.75) is 13.1 Å². The Labute approximate surface area is 91.7 Å².